The normalized spacial score (nSPS) is 15.0. The van der Waals surface area contributed by atoms with Gasteiger partial charge in [0.1, 0.15) is 0 Å². The van der Waals surface area contributed by atoms with E-state index in [1.165, 1.54) is 57.6 Å². The molecule has 0 spiro atoms. The molecule has 110 valence electrons. The van der Waals surface area contributed by atoms with Gasteiger partial charge in [-0.15, -0.1) is 0 Å². The lowest BCUT2D eigenvalue weighted by Gasteiger charge is -2.13. The third kappa shape index (κ3) is 2.59. The van der Waals surface area contributed by atoms with E-state index >= 15 is 0 Å². The third-order valence-electron chi connectivity index (χ3n) is 4.23. The Kier molecular flexibility index (Phi) is 3.77. The summed E-state index contributed by atoms with van der Waals surface area (Å²) in [4.78, 5) is 6.33. The van der Waals surface area contributed by atoms with Crippen molar-refractivity contribution < 1.29 is 0 Å². The van der Waals surface area contributed by atoms with Crippen LogP contribution in [0.3, 0.4) is 0 Å². The van der Waals surface area contributed by atoms with Crippen molar-refractivity contribution in [1.29, 1.82) is 0 Å². The highest BCUT2D eigenvalue weighted by Crippen LogP contribution is 2.41. The molecule has 0 saturated heterocycles. The Balaban J connectivity index is 1.84. The number of benzene rings is 2. The molecule has 4 rings (SSSR count). The van der Waals surface area contributed by atoms with E-state index in [1.807, 2.05) is 11.8 Å². The summed E-state index contributed by atoms with van der Waals surface area (Å²) >= 11 is 1.87. The Labute approximate surface area is 135 Å². The van der Waals surface area contributed by atoms with Crippen LogP contribution in [0, 0.1) is 0 Å². The van der Waals surface area contributed by atoms with Crippen molar-refractivity contribution in [3.05, 3.63) is 66.4 Å². The molecule has 1 aromatic heterocycles. The first-order valence-electron chi connectivity index (χ1n) is 7.95. The van der Waals surface area contributed by atoms with Gasteiger partial charge in [-0.2, -0.15) is 0 Å². The van der Waals surface area contributed by atoms with E-state index in [9.17, 15) is 0 Å². The summed E-state index contributed by atoms with van der Waals surface area (Å²) in [6.07, 6.45) is 7.44. The second-order valence-corrected chi connectivity index (χ2v) is 6.85. The minimum absolute atomic E-state index is 1.19. The Morgan fingerprint density at radius 2 is 1.68 bits per heavy atom. The van der Waals surface area contributed by atoms with Gasteiger partial charge >= 0.3 is 0 Å². The zero-order valence-electron chi connectivity index (χ0n) is 12.5. The summed E-state index contributed by atoms with van der Waals surface area (Å²) in [6, 6.07) is 19.3. The highest BCUT2D eigenvalue weighted by atomic mass is 32.2. The van der Waals surface area contributed by atoms with Crippen LogP contribution in [-0.4, -0.2) is 4.98 Å². The summed E-state index contributed by atoms with van der Waals surface area (Å²) in [6.45, 7) is 0. The molecule has 0 radical (unpaired) electrons. The lowest BCUT2D eigenvalue weighted by Crippen LogP contribution is -1.93. The number of rotatable bonds is 3. The average molecular weight is 305 g/mol. The highest BCUT2D eigenvalue weighted by molar-refractivity contribution is 7.99. The van der Waals surface area contributed by atoms with Crippen LogP contribution >= 0.6 is 11.8 Å². The summed E-state index contributed by atoms with van der Waals surface area (Å²) < 4.78 is 0. The minimum Gasteiger partial charge on any atom is -0.354 e. The summed E-state index contributed by atoms with van der Waals surface area (Å²) in [5, 5.41) is 1.33. The van der Waals surface area contributed by atoms with Crippen LogP contribution in [0.4, 0.5) is 0 Å². The van der Waals surface area contributed by atoms with E-state index in [4.69, 9.17) is 0 Å². The SMILES string of the molecule is C1=C(c2[nH]c3ccccc3c2Sc2ccccc2)CCCC1. The topological polar surface area (TPSA) is 15.8 Å². The van der Waals surface area contributed by atoms with E-state index in [0.717, 1.165) is 0 Å². The van der Waals surface area contributed by atoms with Gasteiger partial charge in [-0.05, 0) is 49.5 Å². The van der Waals surface area contributed by atoms with Crippen LogP contribution in [-0.2, 0) is 0 Å². The fourth-order valence-corrected chi connectivity index (χ4v) is 4.22. The van der Waals surface area contributed by atoms with Gasteiger partial charge in [0.25, 0.3) is 0 Å². The quantitative estimate of drug-likeness (QED) is 0.602. The number of hydrogen-bond donors (Lipinski definition) is 1. The summed E-state index contributed by atoms with van der Waals surface area (Å²) in [5.41, 5.74) is 4.05. The largest absolute Gasteiger partial charge is 0.354 e. The molecule has 0 unspecified atom stereocenters. The molecular weight excluding hydrogens is 286 g/mol. The smallest absolute Gasteiger partial charge is 0.0562 e. The van der Waals surface area contributed by atoms with E-state index < -0.39 is 0 Å². The Bertz CT molecular complexity index is 814. The van der Waals surface area contributed by atoms with Crippen LogP contribution in [0.25, 0.3) is 16.5 Å². The Morgan fingerprint density at radius 1 is 0.864 bits per heavy atom. The fraction of sp³-hybridized carbons (Fsp3) is 0.200. The zero-order chi connectivity index (χ0) is 14.8. The Hall–Kier alpha value is -1.93. The van der Waals surface area contributed by atoms with Crippen LogP contribution in [0.2, 0.25) is 0 Å². The lowest BCUT2D eigenvalue weighted by atomic mass is 9.97. The molecule has 1 N–H and O–H groups in total. The maximum atomic E-state index is 3.67. The number of aromatic amines is 1. The number of allylic oxidation sites excluding steroid dienone is 2. The zero-order valence-corrected chi connectivity index (χ0v) is 13.3. The molecule has 0 aliphatic heterocycles. The van der Waals surface area contributed by atoms with Gasteiger partial charge in [0.15, 0.2) is 0 Å². The standard InChI is InChI=1S/C20H19NS/c1-3-9-15(10-4-1)19-20(22-16-11-5-2-6-12-16)17-13-7-8-14-18(17)21-19/h2,5-9,11-14,21H,1,3-4,10H2. The number of H-pyrrole nitrogens is 1. The predicted molar refractivity (Wildman–Crippen MR) is 95.3 cm³/mol. The lowest BCUT2D eigenvalue weighted by molar-refractivity contribution is 0.739. The van der Waals surface area contributed by atoms with Gasteiger partial charge in [-0.1, -0.05) is 54.2 Å². The van der Waals surface area contributed by atoms with E-state index in [-0.39, 0.29) is 0 Å². The maximum Gasteiger partial charge on any atom is 0.0562 e. The number of para-hydroxylation sites is 1. The van der Waals surface area contributed by atoms with Gasteiger partial charge < -0.3 is 4.98 Å². The first-order chi connectivity index (χ1) is 10.9. The van der Waals surface area contributed by atoms with Gasteiger partial charge in [0, 0.05) is 20.7 Å². The Morgan fingerprint density at radius 3 is 2.50 bits per heavy atom. The number of fused-ring (bicyclic) bond motifs is 1. The molecule has 3 aromatic rings. The summed E-state index contributed by atoms with van der Waals surface area (Å²) in [5.74, 6) is 0. The molecule has 0 saturated carbocycles. The van der Waals surface area contributed by atoms with Crippen LogP contribution in [0.5, 0.6) is 0 Å². The minimum atomic E-state index is 1.19. The van der Waals surface area contributed by atoms with E-state index in [0.29, 0.717) is 0 Å². The van der Waals surface area contributed by atoms with Crippen LogP contribution in [0.1, 0.15) is 31.4 Å². The number of aromatic nitrogens is 1. The third-order valence-corrected chi connectivity index (χ3v) is 5.37. The monoisotopic (exact) mass is 305 g/mol. The van der Waals surface area contributed by atoms with Crippen molar-refractivity contribution in [2.75, 3.05) is 0 Å². The second kappa shape index (κ2) is 6.05. The van der Waals surface area contributed by atoms with Crippen LogP contribution < -0.4 is 0 Å². The molecule has 0 atom stereocenters. The van der Waals surface area contributed by atoms with Gasteiger partial charge in [0.2, 0.25) is 0 Å². The fourth-order valence-electron chi connectivity index (χ4n) is 3.12. The highest BCUT2D eigenvalue weighted by Gasteiger charge is 2.17. The first kappa shape index (κ1) is 13.7. The van der Waals surface area contributed by atoms with Gasteiger partial charge in [-0.3, -0.25) is 0 Å². The average Bonchev–Trinajstić information content (AvgIpc) is 2.95. The van der Waals surface area contributed by atoms with Crippen LogP contribution in [0.15, 0.2) is 70.5 Å². The predicted octanol–water partition coefficient (Wildman–Crippen LogP) is 6.28. The molecule has 0 bridgehead atoms. The molecule has 0 amide bonds. The van der Waals surface area contributed by atoms with Crippen molar-refractivity contribution in [3.63, 3.8) is 0 Å². The molecule has 2 heteroatoms. The molecule has 1 nitrogen and oxygen atoms in total. The van der Waals surface area contributed by atoms with E-state index in [1.54, 1.807) is 0 Å². The number of nitrogens with one attached hydrogen (secondary N) is 1. The maximum absolute atomic E-state index is 3.67. The van der Waals surface area contributed by atoms with Gasteiger partial charge in [0.05, 0.1) is 5.69 Å². The molecule has 1 aliphatic carbocycles. The van der Waals surface area contributed by atoms with Crippen molar-refractivity contribution in [1.82, 2.24) is 4.98 Å². The molecular formula is C20H19NS. The number of hydrogen-bond acceptors (Lipinski definition) is 1. The second-order valence-electron chi connectivity index (χ2n) is 5.76. The molecule has 1 heterocycles. The van der Waals surface area contributed by atoms with Crippen molar-refractivity contribution >= 4 is 28.2 Å². The molecule has 0 fully saturated rings. The van der Waals surface area contributed by atoms with E-state index in [2.05, 4.69) is 65.7 Å². The van der Waals surface area contributed by atoms with Gasteiger partial charge in [-0.25, -0.2) is 0 Å². The molecule has 22 heavy (non-hydrogen) atoms. The molecule has 2 aromatic carbocycles. The van der Waals surface area contributed by atoms with Crippen molar-refractivity contribution in [3.8, 4) is 0 Å². The summed E-state index contributed by atoms with van der Waals surface area (Å²) in [7, 11) is 0. The molecule has 1 aliphatic rings. The van der Waals surface area contributed by atoms with Crippen molar-refractivity contribution in [2.45, 2.75) is 35.5 Å². The first-order valence-corrected chi connectivity index (χ1v) is 8.76. The van der Waals surface area contributed by atoms with Crippen molar-refractivity contribution in [2.24, 2.45) is 0 Å².